The van der Waals surface area contributed by atoms with Crippen molar-refractivity contribution in [3.8, 4) is 11.5 Å². The number of ether oxygens (including phenoxy) is 3. The molecule has 27 heavy (non-hydrogen) atoms. The van der Waals surface area contributed by atoms with E-state index in [0.717, 1.165) is 16.9 Å². The first-order valence-electron chi connectivity index (χ1n) is 8.52. The molecular formula is C20H20ClNO5. The van der Waals surface area contributed by atoms with Gasteiger partial charge in [-0.05, 0) is 48.4 Å². The molecule has 6 nitrogen and oxygen atoms in total. The molecule has 7 heteroatoms. The van der Waals surface area contributed by atoms with E-state index >= 15 is 0 Å². The van der Waals surface area contributed by atoms with Crippen LogP contribution in [0.1, 0.15) is 18.1 Å². The zero-order valence-electron chi connectivity index (χ0n) is 15.0. The van der Waals surface area contributed by atoms with Crippen molar-refractivity contribution in [3.63, 3.8) is 0 Å². The predicted molar refractivity (Wildman–Crippen MR) is 100.0 cm³/mol. The van der Waals surface area contributed by atoms with Gasteiger partial charge in [0.05, 0.1) is 7.11 Å². The van der Waals surface area contributed by atoms with Crippen molar-refractivity contribution in [2.45, 2.75) is 32.1 Å². The van der Waals surface area contributed by atoms with Crippen LogP contribution >= 0.6 is 11.6 Å². The minimum atomic E-state index is -0.924. The number of fused-ring (bicyclic) bond motifs is 1. The molecule has 0 spiro atoms. The number of esters is 1. The van der Waals surface area contributed by atoms with Gasteiger partial charge in [-0.15, -0.1) is 0 Å². The highest BCUT2D eigenvalue weighted by Gasteiger charge is 2.32. The highest BCUT2D eigenvalue weighted by molar-refractivity contribution is 6.30. The van der Waals surface area contributed by atoms with E-state index in [1.54, 1.807) is 25.3 Å². The first-order valence-corrected chi connectivity index (χ1v) is 8.90. The summed E-state index contributed by atoms with van der Waals surface area (Å²) >= 11 is 5.95. The summed E-state index contributed by atoms with van der Waals surface area (Å²) in [7, 11) is 1.59. The number of amides is 1. The minimum absolute atomic E-state index is 0.328. The molecule has 1 heterocycles. The van der Waals surface area contributed by atoms with Crippen LogP contribution in [-0.4, -0.2) is 31.2 Å². The summed E-state index contributed by atoms with van der Waals surface area (Å²) in [5.41, 5.74) is 1.76. The first-order chi connectivity index (χ1) is 13.0. The van der Waals surface area contributed by atoms with Crippen LogP contribution in [-0.2, 0) is 27.3 Å². The zero-order valence-corrected chi connectivity index (χ0v) is 15.8. The van der Waals surface area contributed by atoms with Crippen LogP contribution < -0.4 is 14.8 Å². The fourth-order valence-electron chi connectivity index (χ4n) is 2.73. The standard InChI is InChI=1S/C20H20ClNO5/c1-12(19(23)22-11-13-3-6-16(25-2)7-4-13)26-20(24)18-10-14-9-15(21)5-8-17(14)27-18/h3-9,12,18H,10-11H2,1-2H3,(H,22,23)/t12-,18+/m0/s1. The van der Waals surface area contributed by atoms with Crippen LogP contribution in [0.5, 0.6) is 11.5 Å². The Hall–Kier alpha value is -2.73. The Kier molecular flexibility index (Phi) is 5.86. The summed E-state index contributed by atoms with van der Waals surface area (Å²) in [5.74, 6) is 0.399. The van der Waals surface area contributed by atoms with Crippen LogP contribution in [0, 0.1) is 0 Å². The van der Waals surface area contributed by atoms with Crippen molar-refractivity contribution in [2.75, 3.05) is 7.11 Å². The SMILES string of the molecule is COc1ccc(CNC(=O)[C@H](C)OC(=O)[C@H]2Cc3cc(Cl)ccc3O2)cc1. The predicted octanol–water partition coefficient (Wildman–Crippen LogP) is 2.90. The summed E-state index contributed by atoms with van der Waals surface area (Å²) in [5, 5.41) is 3.32. The third-order valence-electron chi connectivity index (χ3n) is 4.25. The van der Waals surface area contributed by atoms with Crippen LogP contribution in [0.4, 0.5) is 0 Å². The van der Waals surface area contributed by atoms with Crippen LogP contribution in [0.2, 0.25) is 5.02 Å². The maximum atomic E-state index is 12.3. The molecule has 3 rings (SSSR count). The third kappa shape index (κ3) is 4.71. The Bertz CT molecular complexity index is 837. The Morgan fingerprint density at radius 3 is 2.70 bits per heavy atom. The molecule has 0 radical (unpaired) electrons. The number of rotatable bonds is 6. The molecule has 0 aliphatic carbocycles. The highest BCUT2D eigenvalue weighted by atomic mass is 35.5. The minimum Gasteiger partial charge on any atom is -0.497 e. The molecule has 2 atom stereocenters. The van der Waals surface area contributed by atoms with E-state index in [2.05, 4.69) is 5.32 Å². The van der Waals surface area contributed by atoms with E-state index in [-0.39, 0.29) is 5.91 Å². The number of carbonyl (C=O) groups excluding carboxylic acids is 2. The van der Waals surface area contributed by atoms with Gasteiger partial charge in [0.15, 0.2) is 12.2 Å². The molecule has 0 fully saturated rings. The molecule has 1 N–H and O–H groups in total. The van der Waals surface area contributed by atoms with Crippen molar-refractivity contribution >= 4 is 23.5 Å². The Balaban J connectivity index is 1.48. The average Bonchev–Trinajstić information content (AvgIpc) is 3.09. The maximum Gasteiger partial charge on any atom is 0.348 e. The summed E-state index contributed by atoms with van der Waals surface area (Å²) in [6, 6.07) is 12.5. The van der Waals surface area contributed by atoms with E-state index in [0.29, 0.717) is 23.7 Å². The lowest BCUT2D eigenvalue weighted by Gasteiger charge is -2.16. The Morgan fingerprint density at radius 2 is 2.00 bits per heavy atom. The quantitative estimate of drug-likeness (QED) is 0.769. The number of benzene rings is 2. The summed E-state index contributed by atoms with van der Waals surface area (Å²) < 4.78 is 15.9. The summed E-state index contributed by atoms with van der Waals surface area (Å²) in [6.07, 6.45) is -1.32. The fourth-order valence-corrected chi connectivity index (χ4v) is 2.92. The fraction of sp³-hybridized carbons (Fsp3) is 0.300. The van der Waals surface area contributed by atoms with Crippen LogP contribution in [0.3, 0.4) is 0 Å². The molecule has 0 aromatic heterocycles. The molecule has 0 unspecified atom stereocenters. The first kappa shape index (κ1) is 19.0. The molecule has 0 bridgehead atoms. The smallest absolute Gasteiger partial charge is 0.348 e. The van der Waals surface area contributed by atoms with E-state index in [1.807, 2.05) is 24.3 Å². The van der Waals surface area contributed by atoms with Crippen LogP contribution in [0.25, 0.3) is 0 Å². The van der Waals surface area contributed by atoms with Gasteiger partial charge in [-0.3, -0.25) is 4.79 Å². The van der Waals surface area contributed by atoms with Gasteiger partial charge in [0.2, 0.25) is 0 Å². The van der Waals surface area contributed by atoms with Crippen molar-refractivity contribution in [3.05, 3.63) is 58.6 Å². The Morgan fingerprint density at radius 1 is 1.26 bits per heavy atom. The van der Waals surface area contributed by atoms with Gasteiger partial charge in [-0.1, -0.05) is 23.7 Å². The van der Waals surface area contributed by atoms with Gasteiger partial charge in [-0.2, -0.15) is 0 Å². The zero-order chi connectivity index (χ0) is 19.4. The second kappa shape index (κ2) is 8.31. The molecular weight excluding hydrogens is 370 g/mol. The molecule has 1 aliphatic rings. The third-order valence-corrected chi connectivity index (χ3v) is 4.48. The van der Waals surface area contributed by atoms with Gasteiger partial charge in [0, 0.05) is 18.0 Å². The molecule has 1 amide bonds. The largest absolute Gasteiger partial charge is 0.497 e. The lowest BCUT2D eigenvalue weighted by atomic mass is 10.1. The number of carbonyl (C=O) groups is 2. The molecule has 142 valence electrons. The lowest BCUT2D eigenvalue weighted by molar-refractivity contribution is -0.160. The van der Waals surface area contributed by atoms with E-state index < -0.39 is 18.2 Å². The lowest BCUT2D eigenvalue weighted by Crippen LogP contribution is -2.39. The van der Waals surface area contributed by atoms with Gasteiger partial charge >= 0.3 is 5.97 Å². The number of hydrogen-bond donors (Lipinski definition) is 1. The topological polar surface area (TPSA) is 73.9 Å². The number of nitrogens with one attached hydrogen (secondary N) is 1. The molecule has 0 saturated heterocycles. The normalized spacial score (nSPS) is 16.0. The van der Waals surface area contributed by atoms with Crippen LogP contribution in [0.15, 0.2) is 42.5 Å². The highest BCUT2D eigenvalue weighted by Crippen LogP contribution is 2.31. The molecule has 2 aromatic rings. The monoisotopic (exact) mass is 389 g/mol. The number of hydrogen-bond acceptors (Lipinski definition) is 5. The van der Waals surface area contributed by atoms with Crippen molar-refractivity contribution in [1.29, 1.82) is 0 Å². The number of methoxy groups -OCH3 is 1. The molecule has 2 aromatic carbocycles. The van der Waals surface area contributed by atoms with Gasteiger partial charge in [0.1, 0.15) is 11.5 Å². The summed E-state index contributed by atoms with van der Waals surface area (Å²) in [6.45, 7) is 1.86. The average molecular weight is 390 g/mol. The second-order valence-corrected chi connectivity index (χ2v) is 6.64. The molecule has 1 aliphatic heterocycles. The van der Waals surface area contributed by atoms with E-state index in [4.69, 9.17) is 25.8 Å². The number of halogens is 1. The van der Waals surface area contributed by atoms with E-state index in [1.165, 1.54) is 6.92 Å². The van der Waals surface area contributed by atoms with Crippen molar-refractivity contribution < 1.29 is 23.8 Å². The molecule has 0 saturated carbocycles. The van der Waals surface area contributed by atoms with Gasteiger partial charge in [0.25, 0.3) is 5.91 Å². The van der Waals surface area contributed by atoms with E-state index in [9.17, 15) is 9.59 Å². The maximum absolute atomic E-state index is 12.3. The van der Waals surface area contributed by atoms with Gasteiger partial charge < -0.3 is 19.5 Å². The second-order valence-electron chi connectivity index (χ2n) is 6.21. The summed E-state index contributed by atoms with van der Waals surface area (Å²) in [4.78, 5) is 24.5. The van der Waals surface area contributed by atoms with Gasteiger partial charge in [-0.25, -0.2) is 4.79 Å². The Labute approximate surface area is 162 Å². The van der Waals surface area contributed by atoms with Crippen molar-refractivity contribution in [2.24, 2.45) is 0 Å². The van der Waals surface area contributed by atoms with Crippen molar-refractivity contribution in [1.82, 2.24) is 5.32 Å².